The zero-order chi connectivity index (χ0) is 13.4. The molecule has 0 fully saturated rings. The van der Waals surface area contributed by atoms with E-state index in [9.17, 15) is 0 Å². The Morgan fingerprint density at radius 3 is 2.89 bits per heavy atom. The van der Waals surface area contributed by atoms with Gasteiger partial charge in [-0.2, -0.15) is 20.4 Å². The number of nitrogens with one attached hydrogen (secondary N) is 1. The van der Waals surface area contributed by atoms with Gasteiger partial charge in [-0.15, -0.1) is 5.10 Å². The van der Waals surface area contributed by atoms with Crippen molar-refractivity contribution >= 4 is 11.6 Å². The highest BCUT2D eigenvalue weighted by Crippen LogP contribution is 2.25. The highest BCUT2D eigenvalue weighted by atomic mass is 35.5. The maximum Gasteiger partial charge on any atom is 0.234 e. The molecule has 9 heteroatoms. The smallest absolute Gasteiger partial charge is 0.234 e. The lowest BCUT2D eigenvalue weighted by Gasteiger charge is -2.00. The highest BCUT2D eigenvalue weighted by Gasteiger charge is 2.20. The van der Waals surface area contributed by atoms with E-state index in [1.807, 2.05) is 20.2 Å². The molecule has 0 aliphatic carbocycles. The molecule has 1 atom stereocenters. The van der Waals surface area contributed by atoms with Gasteiger partial charge in [0.2, 0.25) is 11.7 Å². The highest BCUT2D eigenvalue weighted by molar-refractivity contribution is 6.31. The summed E-state index contributed by atoms with van der Waals surface area (Å²) in [6.07, 6.45) is 3.66. The lowest BCUT2D eigenvalue weighted by atomic mass is 10.1. The maximum absolute atomic E-state index is 5.84. The SMILES string of the molecule is CC(c1cnn(C)c1)c1nc(-c2n[nH]nc2Cl)no1. The minimum absolute atomic E-state index is 0.0550. The molecule has 0 radical (unpaired) electrons. The van der Waals surface area contributed by atoms with Crippen LogP contribution in [0.3, 0.4) is 0 Å². The Bertz CT molecular complexity index is 700. The Hall–Kier alpha value is -2.22. The summed E-state index contributed by atoms with van der Waals surface area (Å²) in [6, 6.07) is 0. The van der Waals surface area contributed by atoms with E-state index in [1.54, 1.807) is 10.9 Å². The fourth-order valence-electron chi connectivity index (χ4n) is 1.67. The summed E-state index contributed by atoms with van der Waals surface area (Å²) in [5, 5.41) is 18.1. The summed E-state index contributed by atoms with van der Waals surface area (Å²) in [5.74, 6) is 0.729. The van der Waals surface area contributed by atoms with Crippen molar-refractivity contribution in [2.45, 2.75) is 12.8 Å². The van der Waals surface area contributed by atoms with Gasteiger partial charge in [0, 0.05) is 18.8 Å². The summed E-state index contributed by atoms with van der Waals surface area (Å²) < 4.78 is 6.95. The summed E-state index contributed by atoms with van der Waals surface area (Å²) >= 11 is 5.84. The van der Waals surface area contributed by atoms with Crippen LogP contribution in [0, 0.1) is 0 Å². The topological polar surface area (TPSA) is 98.3 Å². The second-order valence-electron chi connectivity index (χ2n) is 4.09. The van der Waals surface area contributed by atoms with Crippen molar-refractivity contribution in [2.75, 3.05) is 0 Å². The van der Waals surface area contributed by atoms with Gasteiger partial charge in [-0.3, -0.25) is 4.68 Å². The molecular weight excluding hydrogens is 270 g/mol. The number of hydrogen-bond donors (Lipinski definition) is 1. The molecule has 3 heterocycles. The summed E-state index contributed by atoms with van der Waals surface area (Å²) in [4.78, 5) is 4.28. The van der Waals surface area contributed by atoms with E-state index in [0.29, 0.717) is 17.4 Å². The number of aromatic amines is 1. The molecule has 0 amide bonds. The third-order valence-electron chi connectivity index (χ3n) is 2.75. The van der Waals surface area contributed by atoms with Gasteiger partial charge in [0.15, 0.2) is 10.8 Å². The van der Waals surface area contributed by atoms with Gasteiger partial charge in [-0.05, 0) is 6.92 Å². The van der Waals surface area contributed by atoms with Crippen molar-refractivity contribution < 1.29 is 4.52 Å². The number of hydrogen-bond acceptors (Lipinski definition) is 6. The molecule has 19 heavy (non-hydrogen) atoms. The van der Waals surface area contributed by atoms with Gasteiger partial charge in [0.05, 0.1) is 12.1 Å². The van der Waals surface area contributed by atoms with Crippen molar-refractivity contribution in [2.24, 2.45) is 7.05 Å². The molecule has 98 valence electrons. The average Bonchev–Trinajstić information content (AvgIpc) is 3.08. The monoisotopic (exact) mass is 279 g/mol. The number of nitrogens with zero attached hydrogens (tertiary/aromatic N) is 6. The third kappa shape index (κ3) is 2.10. The molecule has 0 aliphatic rings. The third-order valence-corrected chi connectivity index (χ3v) is 3.02. The molecule has 1 N–H and O–H groups in total. The van der Waals surface area contributed by atoms with Gasteiger partial charge in [0.1, 0.15) is 0 Å². The van der Waals surface area contributed by atoms with Crippen LogP contribution in [0.1, 0.15) is 24.3 Å². The first kappa shape index (κ1) is 11.8. The molecule has 0 aliphatic heterocycles. The first-order valence-corrected chi connectivity index (χ1v) is 5.91. The minimum Gasteiger partial charge on any atom is -0.338 e. The van der Waals surface area contributed by atoms with Crippen LogP contribution in [0.25, 0.3) is 11.5 Å². The standard InChI is InChI=1S/C10H10ClN7O/c1-5(6-3-12-18(2)4-6)10-13-9(16-19-10)7-8(11)15-17-14-7/h3-5H,1-2H3,(H,14,15,17). The number of H-pyrrole nitrogens is 1. The number of halogens is 1. The molecule has 3 aromatic rings. The molecule has 8 nitrogen and oxygen atoms in total. The summed E-state index contributed by atoms with van der Waals surface area (Å²) in [7, 11) is 1.85. The Kier molecular flexibility index (Phi) is 2.79. The van der Waals surface area contributed by atoms with Crippen LogP contribution in [0.2, 0.25) is 5.15 Å². The first-order chi connectivity index (χ1) is 9.15. The average molecular weight is 280 g/mol. The molecule has 0 saturated carbocycles. The predicted molar refractivity (Wildman–Crippen MR) is 65.4 cm³/mol. The van der Waals surface area contributed by atoms with Crippen LogP contribution in [-0.2, 0) is 7.05 Å². The Balaban J connectivity index is 1.91. The molecule has 1 unspecified atom stereocenters. The molecule has 0 spiro atoms. The number of rotatable bonds is 3. The number of aryl methyl sites for hydroxylation is 1. The quantitative estimate of drug-likeness (QED) is 0.778. The summed E-state index contributed by atoms with van der Waals surface area (Å²) in [6.45, 7) is 1.96. The predicted octanol–water partition coefficient (Wildman–Crippen LogP) is 1.39. The lowest BCUT2D eigenvalue weighted by molar-refractivity contribution is 0.370. The van der Waals surface area contributed by atoms with Gasteiger partial charge >= 0.3 is 0 Å². The van der Waals surface area contributed by atoms with Crippen LogP contribution in [0.4, 0.5) is 0 Å². The maximum atomic E-state index is 5.84. The van der Waals surface area contributed by atoms with Crippen molar-refractivity contribution in [3.05, 3.63) is 29.0 Å². The van der Waals surface area contributed by atoms with E-state index < -0.39 is 0 Å². The van der Waals surface area contributed by atoms with Crippen molar-refractivity contribution in [1.29, 1.82) is 0 Å². The molecule has 0 aromatic carbocycles. The Morgan fingerprint density at radius 2 is 2.26 bits per heavy atom. The van der Waals surface area contributed by atoms with Crippen molar-refractivity contribution in [1.82, 2.24) is 35.3 Å². The second kappa shape index (κ2) is 4.47. The normalized spacial score (nSPS) is 12.8. The Morgan fingerprint density at radius 1 is 1.42 bits per heavy atom. The molecule has 3 rings (SSSR count). The molecule has 3 aromatic heterocycles. The van der Waals surface area contributed by atoms with Crippen LogP contribution in [0.15, 0.2) is 16.9 Å². The van der Waals surface area contributed by atoms with E-state index in [0.717, 1.165) is 5.56 Å². The summed E-state index contributed by atoms with van der Waals surface area (Å²) in [5.41, 5.74) is 1.36. The Labute approximate surface area is 112 Å². The zero-order valence-corrected chi connectivity index (χ0v) is 11.0. The van der Waals surface area contributed by atoms with Crippen LogP contribution >= 0.6 is 11.6 Å². The number of aromatic nitrogens is 7. The largest absolute Gasteiger partial charge is 0.338 e. The van der Waals surface area contributed by atoms with Crippen molar-refractivity contribution in [3.63, 3.8) is 0 Å². The second-order valence-corrected chi connectivity index (χ2v) is 4.45. The van der Waals surface area contributed by atoms with Crippen LogP contribution < -0.4 is 0 Å². The van der Waals surface area contributed by atoms with Gasteiger partial charge in [-0.1, -0.05) is 16.8 Å². The minimum atomic E-state index is -0.0550. The van der Waals surface area contributed by atoms with Gasteiger partial charge in [0.25, 0.3) is 0 Å². The zero-order valence-electron chi connectivity index (χ0n) is 10.2. The van der Waals surface area contributed by atoms with E-state index in [1.165, 1.54) is 0 Å². The van der Waals surface area contributed by atoms with E-state index >= 15 is 0 Å². The molecule has 0 bridgehead atoms. The fourth-order valence-corrected chi connectivity index (χ4v) is 1.84. The fraction of sp³-hybridized carbons (Fsp3) is 0.300. The molecular formula is C10H10ClN7O. The van der Waals surface area contributed by atoms with Gasteiger partial charge in [-0.25, -0.2) is 0 Å². The van der Waals surface area contributed by atoms with Crippen LogP contribution in [0.5, 0.6) is 0 Å². The van der Waals surface area contributed by atoms with E-state index in [-0.39, 0.29) is 11.1 Å². The van der Waals surface area contributed by atoms with Crippen LogP contribution in [-0.4, -0.2) is 35.3 Å². The van der Waals surface area contributed by atoms with Gasteiger partial charge < -0.3 is 4.52 Å². The van der Waals surface area contributed by atoms with E-state index in [4.69, 9.17) is 16.1 Å². The first-order valence-electron chi connectivity index (χ1n) is 5.54. The van der Waals surface area contributed by atoms with E-state index in [2.05, 4.69) is 30.7 Å². The lowest BCUT2D eigenvalue weighted by Crippen LogP contribution is -1.95. The molecule has 0 saturated heterocycles. The van der Waals surface area contributed by atoms with Crippen molar-refractivity contribution in [3.8, 4) is 11.5 Å².